The van der Waals surface area contributed by atoms with Crippen molar-refractivity contribution in [2.45, 2.75) is 25.7 Å². The SMILES string of the molecule is O=[N+]([O-])c1cnc2c3c(ccc2c1Cl)CCCC3. The van der Waals surface area contributed by atoms with E-state index in [0.717, 1.165) is 24.8 Å². The standard InChI is InChI=1S/C13H11ClN2O2/c14-12-10-6-5-8-3-1-2-4-9(8)13(10)15-7-11(12)16(17)18/h5-7H,1-4H2. The van der Waals surface area contributed by atoms with Crippen LogP contribution in [0.5, 0.6) is 0 Å². The van der Waals surface area contributed by atoms with Crippen molar-refractivity contribution in [3.8, 4) is 0 Å². The van der Waals surface area contributed by atoms with Crippen molar-refractivity contribution in [1.29, 1.82) is 0 Å². The lowest BCUT2D eigenvalue weighted by atomic mass is 9.90. The van der Waals surface area contributed by atoms with Gasteiger partial charge in [-0.05, 0) is 36.8 Å². The summed E-state index contributed by atoms with van der Waals surface area (Å²) in [6.07, 6.45) is 5.64. The molecule has 0 bridgehead atoms. The summed E-state index contributed by atoms with van der Waals surface area (Å²) in [5, 5.41) is 11.7. The maximum atomic E-state index is 10.8. The summed E-state index contributed by atoms with van der Waals surface area (Å²) in [5.41, 5.74) is 3.20. The van der Waals surface area contributed by atoms with Crippen LogP contribution in [0.4, 0.5) is 5.69 Å². The van der Waals surface area contributed by atoms with E-state index in [1.807, 2.05) is 12.1 Å². The molecule has 3 rings (SSSR count). The Hall–Kier alpha value is -1.68. The van der Waals surface area contributed by atoms with Gasteiger partial charge in [-0.3, -0.25) is 10.1 Å². The Labute approximate surface area is 109 Å². The van der Waals surface area contributed by atoms with E-state index in [-0.39, 0.29) is 10.7 Å². The third kappa shape index (κ3) is 1.64. The molecular weight excluding hydrogens is 252 g/mol. The van der Waals surface area contributed by atoms with Crippen molar-refractivity contribution < 1.29 is 4.92 Å². The Morgan fingerprint density at radius 1 is 1.28 bits per heavy atom. The quantitative estimate of drug-likeness (QED) is 0.582. The number of nitro groups is 1. The van der Waals surface area contributed by atoms with Crippen LogP contribution in [-0.2, 0) is 12.8 Å². The maximum absolute atomic E-state index is 10.8. The summed E-state index contributed by atoms with van der Waals surface area (Å²) in [6, 6.07) is 3.87. The predicted octanol–water partition coefficient (Wildman–Crippen LogP) is 3.68. The number of halogens is 1. The molecule has 0 atom stereocenters. The lowest BCUT2D eigenvalue weighted by Gasteiger charge is -2.17. The van der Waals surface area contributed by atoms with Crippen molar-refractivity contribution in [3.05, 3.63) is 44.6 Å². The molecule has 1 aromatic carbocycles. The highest BCUT2D eigenvalue weighted by Gasteiger charge is 2.20. The molecule has 0 spiro atoms. The molecule has 1 aliphatic rings. The Morgan fingerprint density at radius 3 is 2.83 bits per heavy atom. The van der Waals surface area contributed by atoms with Gasteiger partial charge in [-0.15, -0.1) is 0 Å². The van der Waals surface area contributed by atoms with Gasteiger partial charge in [-0.2, -0.15) is 0 Å². The fourth-order valence-corrected chi connectivity index (χ4v) is 2.85. The highest BCUT2D eigenvalue weighted by molar-refractivity contribution is 6.37. The molecule has 2 aromatic rings. The average molecular weight is 263 g/mol. The van der Waals surface area contributed by atoms with Crippen molar-refractivity contribution in [1.82, 2.24) is 4.98 Å². The molecule has 1 aliphatic carbocycles. The normalized spacial score (nSPS) is 14.5. The largest absolute Gasteiger partial charge is 0.306 e. The van der Waals surface area contributed by atoms with E-state index < -0.39 is 4.92 Å². The fraction of sp³-hybridized carbons (Fsp3) is 0.308. The zero-order chi connectivity index (χ0) is 12.7. The Bertz CT molecular complexity index is 655. The number of fused-ring (bicyclic) bond motifs is 3. The molecule has 0 aliphatic heterocycles. The molecular formula is C13H11ClN2O2. The third-order valence-electron chi connectivity index (χ3n) is 3.48. The van der Waals surface area contributed by atoms with Crippen LogP contribution in [0.3, 0.4) is 0 Å². The molecule has 5 heteroatoms. The van der Waals surface area contributed by atoms with Crippen molar-refractivity contribution in [2.75, 3.05) is 0 Å². The molecule has 0 saturated carbocycles. The number of pyridine rings is 1. The van der Waals surface area contributed by atoms with Crippen LogP contribution in [0.1, 0.15) is 24.0 Å². The van der Waals surface area contributed by atoms with Crippen LogP contribution in [0.2, 0.25) is 5.02 Å². The number of aryl methyl sites for hydroxylation is 2. The topological polar surface area (TPSA) is 56.0 Å². The first kappa shape index (κ1) is 11.4. The molecule has 0 N–H and O–H groups in total. The van der Waals surface area contributed by atoms with Gasteiger partial charge in [0.05, 0.1) is 10.4 Å². The smallest absolute Gasteiger partial charge is 0.258 e. The predicted molar refractivity (Wildman–Crippen MR) is 70.0 cm³/mol. The average Bonchev–Trinajstić information content (AvgIpc) is 2.38. The zero-order valence-electron chi connectivity index (χ0n) is 9.65. The van der Waals surface area contributed by atoms with Crippen molar-refractivity contribution >= 4 is 28.2 Å². The number of hydrogen-bond donors (Lipinski definition) is 0. The highest BCUT2D eigenvalue weighted by Crippen LogP contribution is 2.35. The minimum Gasteiger partial charge on any atom is -0.258 e. The highest BCUT2D eigenvalue weighted by atomic mass is 35.5. The molecule has 1 aromatic heterocycles. The van der Waals surface area contributed by atoms with Crippen LogP contribution in [0.15, 0.2) is 18.3 Å². The van der Waals surface area contributed by atoms with E-state index in [1.165, 1.54) is 23.7 Å². The second-order valence-electron chi connectivity index (χ2n) is 4.52. The van der Waals surface area contributed by atoms with Gasteiger partial charge in [-0.1, -0.05) is 23.7 Å². The third-order valence-corrected chi connectivity index (χ3v) is 3.87. The van der Waals surface area contributed by atoms with Gasteiger partial charge < -0.3 is 0 Å². The minimum absolute atomic E-state index is 0.125. The molecule has 18 heavy (non-hydrogen) atoms. The van der Waals surface area contributed by atoms with Crippen molar-refractivity contribution in [3.63, 3.8) is 0 Å². The molecule has 0 unspecified atom stereocenters. The van der Waals surface area contributed by atoms with Gasteiger partial charge in [0, 0.05) is 5.39 Å². The number of benzene rings is 1. The molecule has 4 nitrogen and oxygen atoms in total. The van der Waals surface area contributed by atoms with E-state index in [9.17, 15) is 10.1 Å². The Morgan fingerprint density at radius 2 is 2.06 bits per heavy atom. The summed E-state index contributed by atoms with van der Waals surface area (Å²) < 4.78 is 0. The van der Waals surface area contributed by atoms with Crippen LogP contribution in [0, 0.1) is 10.1 Å². The summed E-state index contributed by atoms with van der Waals surface area (Å²) in [7, 11) is 0. The number of hydrogen-bond acceptors (Lipinski definition) is 3. The van der Waals surface area contributed by atoms with Gasteiger partial charge in [-0.25, -0.2) is 4.98 Å². The molecule has 92 valence electrons. The van der Waals surface area contributed by atoms with E-state index in [4.69, 9.17) is 11.6 Å². The van der Waals surface area contributed by atoms with E-state index >= 15 is 0 Å². The minimum atomic E-state index is -0.492. The van der Waals surface area contributed by atoms with Gasteiger partial charge in [0.25, 0.3) is 0 Å². The zero-order valence-corrected chi connectivity index (χ0v) is 10.4. The lowest BCUT2D eigenvalue weighted by molar-refractivity contribution is -0.384. The first-order valence-electron chi connectivity index (χ1n) is 5.92. The van der Waals surface area contributed by atoms with Crippen molar-refractivity contribution in [2.24, 2.45) is 0 Å². The molecule has 0 saturated heterocycles. The van der Waals surface area contributed by atoms with Crippen LogP contribution >= 0.6 is 11.6 Å². The molecule has 0 amide bonds. The summed E-state index contributed by atoms with van der Waals surface area (Å²) in [6.45, 7) is 0. The number of nitrogens with zero attached hydrogens (tertiary/aromatic N) is 2. The monoisotopic (exact) mass is 262 g/mol. The number of rotatable bonds is 1. The van der Waals surface area contributed by atoms with E-state index in [0.29, 0.717) is 5.39 Å². The van der Waals surface area contributed by atoms with Crippen LogP contribution < -0.4 is 0 Å². The summed E-state index contributed by atoms with van der Waals surface area (Å²) >= 11 is 6.10. The Kier molecular flexibility index (Phi) is 2.67. The van der Waals surface area contributed by atoms with Gasteiger partial charge in [0.2, 0.25) is 0 Å². The van der Waals surface area contributed by atoms with Crippen LogP contribution in [0.25, 0.3) is 10.9 Å². The van der Waals surface area contributed by atoms with Gasteiger partial charge in [0.15, 0.2) is 0 Å². The maximum Gasteiger partial charge on any atom is 0.306 e. The van der Waals surface area contributed by atoms with Crippen LogP contribution in [-0.4, -0.2) is 9.91 Å². The van der Waals surface area contributed by atoms with E-state index in [2.05, 4.69) is 4.98 Å². The van der Waals surface area contributed by atoms with Gasteiger partial charge in [0.1, 0.15) is 11.2 Å². The van der Waals surface area contributed by atoms with Gasteiger partial charge >= 0.3 is 5.69 Å². The first-order chi connectivity index (χ1) is 8.68. The summed E-state index contributed by atoms with van der Waals surface area (Å²) in [4.78, 5) is 14.6. The molecule has 1 heterocycles. The van der Waals surface area contributed by atoms with E-state index in [1.54, 1.807) is 0 Å². The number of aromatic nitrogens is 1. The first-order valence-corrected chi connectivity index (χ1v) is 6.29. The second-order valence-corrected chi connectivity index (χ2v) is 4.90. The molecule has 0 fully saturated rings. The second kappa shape index (κ2) is 4.21. The Balaban J connectivity index is 2.31. The summed E-state index contributed by atoms with van der Waals surface area (Å²) in [5.74, 6) is 0. The lowest BCUT2D eigenvalue weighted by Crippen LogP contribution is -2.04. The molecule has 0 radical (unpaired) electrons. The fourth-order valence-electron chi connectivity index (χ4n) is 2.58.